The highest BCUT2D eigenvalue weighted by Gasteiger charge is 2.34. The third-order valence-corrected chi connectivity index (χ3v) is 4.44. The molecular formula is C14H21NO2S. The van der Waals surface area contributed by atoms with Gasteiger partial charge in [0.25, 0.3) is 0 Å². The minimum absolute atomic E-state index is 0.329. The fraction of sp³-hybridized carbons (Fsp3) is 0.643. The second kappa shape index (κ2) is 5.95. The van der Waals surface area contributed by atoms with Crippen LogP contribution in [0.2, 0.25) is 0 Å². The first-order chi connectivity index (χ1) is 8.60. The van der Waals surface area contributed by atoms with E-state index in [1.54, 1.807) is 11.3 Å². The highest BCUT2D eigenvalue weighted by atomic mass is 32.1. The number of aryl methyl sites for hydroxylation is 1. The lowest BCUT2D eigenvalue weighted by molar-refractivity contribution is -0.132. The largest absolute Gasteiger partial charge is 0.379 e. The van der Waals surface area contributed by atoms with Crippen molar-refractivity contribution in [3.05, 3.63) is 22.4 Å². The van der Waals surface area contributed by atoms with E-state index < -0.39 is 0 Å². The minimum atomic E-state index is -0.361. The molecule has 100 valence electrons. The zero-order chi connectivity index (χ0) is 13.0. The van der Waals surface area contributed by atoms with Gasteiger partial charge in [0, 0.05) is 19.5 Å². The monoisotopic (exact) mass is 267 g/mol. The third kappa shape index (κ3) is 3.19. The summed E-state index contributed by atoms with van der Waals surface area (Å²) in [6, 6.07) is 2.10. The van der Waals surface area contributed by atoms with E-state index in [-0.39, 0.29) is 5.54 Å². The Hall–Kier alpha value is -0.710. The van der Waals surface area contributed by atoms with Gasteiger partial charge in [-0.3, -0.25) is 9.69 Å². The van der Waals surface area contributed by atoms with E-state index in [4.69, 9.17) is 4.74 Å². The van der Waals surface area contributed by atoms with E-state index in [0.29, 0.717) is 12.2 Å². The van der Waals surface area contributed by atoms with E-state index in [0.717, 1.165) is 32.7 Å². The van der Waals surface area contributed by atoms with Crippen LogP contribution < -0.4 is 0 Å². The van der Waals surface area contributed by atoms with Gasteiger partial charge in [0.15, 0.2) is 5.78 Å². The summed E-state index contributed by atoms with van der Waals surface area (Å²) in [5.41, 5.74) is 0.908. The highest BCUT2D eigenvalue weighted by molar-refractivity contribution is 7.07. The fourth-order valence-electron chi connectivity index (χ4n) is 2.30. The first kappa shape index (κ1) is 13.7. The summed E-state index contributed by atoms with van der Waals surface area (Å²) in [5, 5.41) is 4.18. The molecule has 3 nitrogen and oxygen atoms in total. The molecule has 2 rings (SSSR count). The lowest BCUT2D eigenvalue weighted by Gasteiger charge is -2.39. The zero-order valence-electron chi connectivity index (χ0n) is 11.1. The Morgan fingerprint density at radius 2 is 2.17 bits per heavy atom. The van der Waals surface area contributed by atoms with Gasteiger partial charge in [-0.15, -0.1) is 0 Å². The van der Waals surface area contributed by atoms with Crippen molar-refractivity contribution < 1.29 is 9.53 Å². The molecule has 0 N–H and O–H groups in total. The molecule has 1 fully saturated rings. The summed E-state index contributed by atoms with van der Waals surface area (Å²) in [5.74, 6) is 0.329. The molecule has 0 amide bonds. The Labute approximate surface area is 113 Å². The quantitative estimate of drug-likeness (QED) is 0.820. The minimum Gasteiger partial charge on any atom is -0.379 e. The van der Waals surface area contributed by atoms with Crippen molar-refractivity contribution in [3.63, 3.8) is 0 Å². The van der Waals surface area contributed by atoms with Crippen molar-refractivity contribution in [1.29, 1.82) is 0 Å². The van der Waals surface area contributed by atoms with Gasteiger partial charge < -0.3 is 4.74 Å². The second-order valence-corrected chi connectivity index (χ2v) is 5.99. The van der Waals surface area contributed by atoms with Gasteiger partial charge in [0.05, 0.1) is 18.8 Å². The van der Waals surface area contributed by atoms with E-state index >= 15 is 0 Å². The van der Waals surface area contributed by atoms with Crippen molar-refractivity contribution in [1.82, 2.24) is 4.90 Å². The average molecular weight is 267 g/mol. The van der Waals surface area contributed by atoms with Crippen LogP contribution in [0.3, 0.4) is 0 Å². The highest BCUT2D eigenvalue weighted by Crippen LogP contribution is 2.20. The molecule has 1 aromatic rings. The summed E-state index contributed by atoms with van der Waals surface area (Å²) < 4.78 is 5.34. The van der Waals surface area contributed by atoms with E-state index in [9.17, 15) is 4.79 Å². The van der Waals surface area contributed by atoms with Gasteiger partial charge in [0.2, 0.25) is 0 Å². The van der Waals surface area contributed by atoms with Gasteiger partial charge >= 0.3 is 0 Å². The molecule has 0 unspecified atom stereocenters. The molecule has 1 aliphatic heterocycles. The molecule has 1 aliphatic rings. The van der Waals surface area contributed by atoms with Crippen molar-refractivity contribution in [2.75, 3.05) is 26.3 Å². The molecule has 18 heavy (non-hydrogen) atoms. The molecular weight excluding hydrogens is 246 g/mol. The maximum atomic E-state index is 12.4. The number of thiophene rings is 1. The fourth-order valence-corrected chi connectivity index (χ4v) is 3.00. The van der Waals surface area contributed by atoms with Gasteiger partial charge in [-0.25, -0.2) is 0 Å². The van der Waals surface area contributed by atoms with Crippen molar-refractivity contribution in [2.45, 2.75) is 32.2 Å². The second-order valence-electron chi connectivity index (χ2n) is 5.21. The van der Waals surface area contributed by atoms with Crippen LogP contribution in [0, 0.1) is 0 Å². The molecule has 4 heteroatoms. The van der Waals surface area contributed by atoms with E-state index in [2.05, 4.69) is 21.7 Å². The third-order valence-electron chi connectivity index (χ3n) is 3.70. The predicted octanol–water partition coefficient (Wildman–Crippen LogP) is 2.36. The number of morpholine rings is 1. The number of rotatable bonds is 5. The van der Waals surface area contributed by atoms with Crippen LogP contribution in [0.25, 0.3) is 0 Å². The van der Waals surface area contributed by atoms with Crippen LogP contribution >= 0.6 is 11.3 Å². The van der Waals surface area contributed by atoms with Gasteiger partial charge in [0.1, 0.15) is 0 Å². The van der Waals surface area contributed by atoms with Crippen LogP contribution in [-0.2, 0) is 16.0 Å². The first-order valence-corrected chi connectivity index (χ1v) is 7.42. The number of carbonyl (C=O) groups excluding carboxylic acids is 1. The van der Waals surface area contributed by atoms with Crippen molar-refractivity contribution in [2.24, 2.45) is 0 Å². The van der Waals surface area contributed by atoms with E-state index in [1.807, 2.05) is 13.8 Å². The molecule has 2 heterocycles. The lowest BCUT2D eigenvalue weighted by atomic mass is 9.92. The van der Waals surface area contributed by atoms with Gasteiger partial charge in [-0.1, -0.05) is 0 Å². The van der Waals surface area contributed by atoms with Crippen LogP contribution in [-0.4, -0.2) is 42.5 Å². The van der Waals surface area contributed by atoms with Crippen LogP contribution in [0.5, 0.6) is 0 Å². The number of ketones is 1. The van der Waals surface area contributed by atoms with Gasteiger partial charge in [-0.05, 0) is 42.7 Å². The predicted molar refractivity (Wildman–Crippen MR) is 74.1 cm³/mol. The van der Waals surface area contributed by atoms with Gasteiger partial charge in [-0.2, -0.15) is 11.3 Å². The molecule has 0 saturated carbocycles. The normalized spacial score (nSPS) is 17.9. The molecule has 0 spiro atoms. The number of Topliss-reactive ketones (excluding diaryl/α,β-unsaturated/α-hetero) is 1. The molecule has 0 atom stereocenters. The first-order valence-electron chi connectivity index (χ1n) is 6.48. The topological polar surface area (TPSA) is 29.5 Å². The molecule has 0 aromatic carbocycles. The number of hydrogen-bond donors (Lipinski definition) is 0. The maximum absolute atomic E-state index is 12.4. The number of hydrogen-bond acceptors (Lipinski definition) is 4. The number of nitrogens with zero attached hydrogens (tertiary/aromatic N) is 1. The Bertz CT molecular complexity index is 381. The summed E-state index contributed by atoms with van der Waals surface area (Å²) >= 11 is 1.69. The lowest BCUT2D eigenvalue weighted by Crippen LogP contribution is -2.54. The SMILES string of the molecule is CC(C)(C(=O)CCc1ccsc1)N1CCOCC1. The smallest absolute Gasteiger partial charge is 0.152 e. The number of ether oxygens (including phenoxy) is 1. The standard InChI is InChI=1S/C14H21NO2S/c1-14(2,15-6-8-17-9-7-15)13(16)4-3-12-5-10-18-11-12/h5,10-11H,3-4,6-9H2,1-2H3. The molecule has 0 bridgehead atoms. The molecule has 1 saturated heterocycles. The molecule has 0 aliphatic carbocycles. The molecule has 0 radical (unpaired) electrons. The zero-order valence-corrected chi connectivity index (χ0v) is 12.0. The van der Waals surface area contributed by atoms with Crippen LogP contribution in [0.4, 0.5) is 0 Å². The average Bonchev–Trinajstić information content (AvgIpc) is 2.90. The summed E-state index contributed by atoms with van der Waals surface area (Å²) in [7, 11) is 0. The Morgan fingerprint density at radius 3 is 2.78 bits per heavy atom. The Morgan fingerprint density at radius 1 is 1.44 bits per heavy atom. The summed E-state index contributed by atoms with van der Waals surface area (Å²) in [4.78, 5) is 14.6. The Kier molecular flexibility index (Phi) is 4.54. The van der Waals surface area contributed by atoms with Crippen molar-refractivity contribution in [3.8, 4) is 0 Å². The van der Waals surface area contributed by atoms with Crippen LogP contribution in [0.15, 0.2) is 16.8 Å². The van der Waals surface area contributed by atoms with Crippen molar-refractivity contribution >= 4 is 17.1 Å². The Balaban J connectivity index is 1.89. The van der Waals surface area contributed by atoms with Crippen LogP contribution in [0.1, 0.15) is 25.8 Å². The summed E-state index contributed by atoms with van der Waals surface area (Å²) in [6.45, 7) is 7.26. The van der Waals surface area contributed by atoms with E-state index in [1.165, 1.54) is 5.56 Å². The number of carbonyl (C=O) groups is 1. The summed E-state index contributed by atoms with van der Waals surface area (Å²) in [6.07, 6.45) is 1.48. The maximum Gasteiger partial charge on any atom is 0.152 e. The molecule has 1 aromatic heterocycles.